The fraction of sp³-hybridized carbons (Fsp3) is 0.368. The Morgan fingerprint density at radius 3 is 0.813 bits per heavy atom. The number of fused-ring (bicyclic) bond motifs is 6. The maximum absolute atomic E-state index is 12.8. The molecule has 6 fully saturated rings. The zero-order valence-corrected chi connectivity index (χ0v) is 87.9. The van der Waals surface area contributed by atoms with E-state index in [0.29, 0.717) is 103 Å². The average Bonchev–Trinajstić information content (AvgIpc) is 1.65. The molecule has 0 spiro atoms. The van der Waals surface area contributed by atoms with Gasteiger partial charge in [-0.3, -0.25) is 58.7 Å². The second-order valence-corrected chi connectivity index (χ2v) is 43.5. The van der Waals surface area contributed by atoms with Crippen molar-refractivity contribution in [1.29, 1.82) is 0 Å². The van der Waals surface area contributed by atoms with Crippen molar-refractivity contribution in [3.8, 4) is 67.8 Å². The van der Waals surface area contributed by atoms with Crippen LogP contribution in [-0.2, 0) is 0 Å². The monoisotopic (exact) mass is 2010 g/mol. The van der Waals surface area contributed by atoms with Gasteiger partial charge in [-0.15, -0.1) is 0 Å². The van der Waals surface area contributed by atoms with E-state index < -0.39 is 0 Å². The molecule has 6 aliphatic rings. The van der Waals surface area contributed by atoms with E-state index in [9.17, 15) is 28.8 Å². The molecule has 0 aliphatic heterocycles. The van der Waals surface area contributed by atoms with Crippen LogP contribution < -0.4 is 31.9 Å². The van der Waals surface area contributed by atoms with Crippen LogP contribution in [0, 0.1) is 77.0 Å². The van der Waals surface area contributed by atoms with E-state index in [1.807, 2.05) is 163 Å². The molecule has 0 bridgehead atoms. The number of aryl methyl sites for hydroxylation is 6. The Bertz CT molecular complexity index is 7220. The number of hydrogen-bond acceptors (Lipinski definition) is 24. The van der Waals surface area contributed by atoms with E-state index in [0.717, 1.165) is 102 Å². The summed E-state index contributed by atoms with van der Waals surface area (Å²) in [6.07, 6.45) is 41.1. The molecule has 6 amide bonds. The summed E-state index contributed by atoms with van der Waals surface area (Å²) in [6, 6.07) is 38.4. The van der Waals surface area contributed by atoms with E-state index in [4.69, 9.17) is 0 Å². The number of nitrogens with zero attached hydrogens (tertiary/aromatic N) is 24. The van der Waals surface area contributed by atoms with Gasteiger partial charge in [0.2, 0.25) is 0 Å². The fourth-order valence-corrected chi connectivity index (χ4v) is 19.3. The molecular formula is C114H126N30O6. The van der Waals surface area contributed by atoms with Crippen LogP contribution >= 0.6 is 0 Å². The van der Waals surface area contributed by atoms with Crippen LogP contribution in [0.1, 0.15) is 256 Å². The molecule has 6 saturated carbocycles. The molecule has 0 atom stereocenters. The molecule has 18 aromatic heterocycles. The number of carbonyl (C=O) groups is 6. The van der Waals surface area contributed by atoms with Crippen molar-refractivity contribution in [2.45, 2.75) is 235 Å². The topological polar surface area (TPSA) is 433 Å². The minimum absolute atomic E-state index is 0.120. The summed E-state index contributed by atoms with van der Waals surface area (Å²) in [5, 5.41) is 45.1. The average molecular weight is 2010 g/mol. The summed E-state index contributed by atoms with van der Waals surface area (Å²) in [5.74, 6) is 2.59. The summed E-state index contributed by atoms with van der Waals surface area (Å²) >= 11 is 0. The number of hydrogen-bond donors (Lipinski definition) is 6. The van der Waals surface area contributed by atoms with Gasteiger partial charge in [0, 0.05) is 152 Å². The molecule has 768 valence electrons. The molecule has 36 nitrogen and oxygen atoms in total. The predicted octanol–water partition coefficient (Wildman–Crippen LogP) is 18.1. The number of rotatable bonds is 24. The lowest BCUT2D eigenvalue weighted by molar-refractivity contribution is 0.0895. The molecule has 0 unspecified atom stereocenters. The highest BCUT2D eigenvalue weighted by atomic mass is 16.2. The Labute approximate surface area is 868 Å². The quantitative estimate of drug-likeness (QED) is 0.0327. The van der Waals surface area contributed by atoms with Crippen LogP contribution in [0.5, 0.6) is 0 Å². The molecule has 0 radical (unpaired) electrons. The van der Waals surface area contributed by atoms with Crippen LogP contribution in [0.15, 0.2) is 220 Å². The molecule has 6 N–H and O–H groups in total. The SMILES string of the molecule is Cc1cc(-c2ccccn2)n2ncc(C(=O)NC(C)(C)C3CC3)c2n1.Cc1cc(-c2ccccn2)nc2c(C(=O)NC(C)(C)C3CC3)cnn12.Cc1cc(-c2cccnc2)n2ncc(C(=O)NC(C)(C)C3CC3)c2n1.Cc1cc(-c2cccnc2)nc2c(C(=O)NC(C)(C)C3CC3)cnn12.Cc1cc(-c2ccncc2)n2ncc(C(=O)NC(C)(C)C3CC3)c2n1.Cc1cc(-c2ccncc2)nc2c(C(=O)NC(C)(C)C3CC3)cnn12. The molecular weight excluding hydrogens is 1890 g/mol. The molecule has 6 aliphatic carbocycles. The second kappa shape index (κ2) is 41.3. The van der Waals surface area contributed by atoms with E-state index in [1.165, 1.54) is 77.0 Å². The molecule has 18 aromatic rings. The van der Waals surface area contributed by atoms with Crippen molar-refractivity contribution in [3.63, 3.8) is 0 Å². The van der Waals surface area contributed by atoms with Gasteiger partial charge in [-0.25, -0.2) is 57.0 Å². The van der Waals surface area contributed by atoms with Crippen molar-refractivity contribution in [1.82, 2.24) is 149 Å². The molecule has 36 heteroatoms. The van der Waals surface area contributed by atoms with Gasteiger partial charge in [-0.05, 0) is 346 Å². The first-order valence-electron chi connectivity index (χ1n) is 51.3. The minimum Gasteiger partial charge on any atom is -0.347 e. The Hall–Kier alpha value is -16.6. The third kappa shape index (κ3) is 22.8. The number of amides is 6. The highest BCUT2D eigenvalue weighted by Crippen LogP contribution is 2.45. The Kier molecular flexibility index (Phi) is 28.1. The van der Waals surface area contributed by atoms with Crippen LogP contribution in [-0.4, -0.2) is 186 Å². The van der Waals surface area contributed by atoms with Crippen LogP contribution in [0.25, 0.3) is 102 Å². The van der Waals surface area contributed by atoms with Crippen LogP contribution in [0.3, 0.4) is 0 Å². The molecule has 24 rings (SSSR count). The zero-order valence-electron chi connectivity index (χ0n) is 87.9. The zero-order chi connectivity index (χ0) is 106. The van der Waals surface area contributed by atoms with Crippen LogP contribution in [0.2, 0.25) is 0 Å². The third-order valence-electron chi connectivity index (χ3n) is 29.1. The maximum atomic E-state index is 12.8. The lowest BCUT2D eigenvalue weighted by Crippen LogP contribution is -2.45. The van der Waals surface area contributed by atoms with Crippen molar-refractivity contribution < 1.29 is 28.8 Å². The molecule has 0 saturated heterocycles. The second-order valence-electron chi connectivity index (χ2n) is 43.5. The first kappa shape index (κ1) is 102. The van der Waals surface area contributed by atoms with Gasteiger partial charge in [0.25, 0.3) is 35.4 Å². The Balaban J connectivity index is 0.000000113. The van der Waals surface area contributed by atoms with Crippen molar-refractivity contribution in [3.05, 3.63) is 288 Å². The highest BCUT2D eigenvalue weighted by molar-refractivity contribution is 6.04. The van der Waals surface area contributed by atoms with Gasteiger partial charge in [-0.2, -0.15) is 30.6 Å². The van der Waals surface area contributed by atoms with Crippen LogP contribution in [0.4, 0.5) is 0 Å². The van der Waals surface area contributed by atoms with Gasteiger partial charge in [0.05, 0.1) is 82.7 Å². The predicted molar refractivity (Wildman–Crippen MR) is 571 cm³/mol. The lowest BCUT2D eigenvalue weighted by Gasteiger charge is -2.25. The van der Waals surface area contributed by atoms with E-state index in [1.54, 1.807) is 126 Å². The largest absolute Gasteiger partial charge is 0.347 e. The van der Waals surface area contributed by atoms with Gasteiger partial charge in [0.15, 0.2) is 33.9 Å². The van der Waals surface area contributed by atoms with Gasteiger partial charge in [-0.1, -0.05) is 12.1 Å². The number of nitrogens with one attached hydrogen (secondary N) is 6. The van der Waals surface area contributed by atoms with Gasteiger partial charge in [0.1, 0.15) is 33.4 Å². The summed E-state index contributed by atoms with van der Waals surface area (Å²) in [5.41, 5.74) is 20.7. The van der Waals surface area contributed by atoms with Crippen molar-refractivity contribution >= 4 is 69.3 Å². The molecule has 150 heavy (non-hydrogen) atoms. The first-order valence-corrected chi connectivity index (χ1v) is 51.3. The van der Waals surface area contributed by atoms with Gasteiger partial charge < -0.3 is 31.9 Å². The number of pyridine rings is 6. The first-order chi connectivity index (χ1) is 71.7. The summed E-state index contributed by atoms with van der Waals surface area (Å²) in [7, 11) is 0. The fourth-order valence-electron chi connectivity index (χ4n) is 19.3. The van der Waals surface area contributed by atoms with Gasteiger partial charge >= 0.3 is 0 Å². The number of aromatic nitrogens is 24. The molecule has 0 aromatic carbocycles. The smallest absolute Gasteiger partial charge is 0.257 e. The van der Waals surface area contributed by atoms with Crippen molar-refractivity contribution in [2.24, 2.45) is 35.5 Å². The lowest BCUT2D eigenvalue weighted by atomic mass is 9.98. The standard InChI is InChI=1S/6C19H21N5O/c1-12-10-16(13-6-8-20-9-7-13)22-17-15(11-21-24(12)17)18(25)23-19(2,3)14-4-5-14;1-12-10-16(13-6-8-20-9-7-13)24-17(22-12)15(11-21-24)18(25)23-19(2,3)14-4-5-14;1-12-9-16(13-5-4-8-20-10-13)22-17-15(11-21-24(12)17)18(25)23-19(2,3)14-6-7-14;1-12-9-16(13-5-4-8-20-10-13)24-17(22-12)15(11-21-24)18(25)23-19(2,3)14-6-7-14;1-12-10-16(15-6-4-5-9-20-15)22-17-14(11-21-24(12)17)18(25)23-19(2,3)13-7-8-13;1-12-10-16(15-6-4-5-9-20-15)24-17(22-12)14(11-21-24)18(25)23-19(2,3)13-7-8-13/h2*6-11,14H,4-5H2,1-3H3,(H,23,25);2*4-5,8-11,14H,6-7H2,1-3H3,(H,23,25);2*4-6,9-11,13H,7-8H2,1-3H3,(H,23,25). The maximum Gasteiger partial charge on any atom is 0.257 e. The third-order valence-corrected chi connectivity index (χ3v) is 29.1. The van der Waals surface area contributed by atoms with Crippen molar-refractivity contribution in [2.75, 3.05) is 0 Å². The number of carbonyl (C=O) groups excluding carboxylic acids is 6. The summed E-state index contributed by atoms with van der Waals surface area (Å²) < 4.78 is 10.2. The summed E-state index contributed by atoms with van der Waals surface area (Å²) in [6.45, 7) is 36.5. The Morgan fingerprint density at radius 2 is 0.507 bits per heavy atom. The Morgan fingerprint density at radius 1 is 0.240 bits per heavy atom. The van der Waals surface area contributed by atoms with E-state index in [2.05, 4.69) is 205 Å². The summed E-state index contributed by atoms with van der Waals surface area (Å²) in [4.78, 5) is 130. The molecule has 18 heterocycles. The minimum atomic E-state index is -0.209. The van der Waals surface area contributed by atoms with E-state index >= 15 is 0 Å². The van der Waals surface area contributed by atoms with E-state index in [-0.39, 0.29) is 68.7 Å². The normalized spacial score (nSPS) is 14.7. The highest BCUT2D eigenvalue weighted by Gasteiger charge is 2.45.